The molecule has 0 saturated carbocycles. The summed E-state index contributed by atoms with van der Waals surface area (Å²) in [5, 5.41) is 1.03. The maximum Gasteiger partial charge on any atom is 0.165 e. The minimum absolute atomic E-state index is 0.797. The van der Waals surface area contributed by atoms with Crippen LogP contribution in [-0.2, 0) is 0 Å². The van der Waals surface area contributed by atoms with Crippen molar-refractivity contribution in [1.82, 2.24) is 9.97 Å². The molecule has 74 valence electrons. The molecule has 2 nitrogen and oxygen atoms in total. The Morgan fingerprint density at radius 1 is 1.31 bits per heavy atom. The number of rotatable bonds is 7. The zero-order chi connectivity index (χ0) is 9.36. The van der Waals surface area contributed by atoms with Crippen LogP contribution in [0.1, 0.15) is 25.7 Å². The first-order valence-electron chi connectivity index (χ1n) is 4.61. The summed E-state index contributed by atoms with van der Waals surface area (Å²) in [6.07, 6.45) is 8.57. The zero-order valence-corrected chi connectivity index (χ0v) is 9.20. The maximum absolute atomic E-state index is 5.58. The van der Waals surface area contributed by atoms with Gasteiger partial charge in [-0.15, -0.1) is 11.6 Å². The van der Waals surface area contributed by atoms with Crippen molar-refractivity contribution < 1.29 is 0 Å². The monoisotopic (exact) mass is 218 g/mol. The molecule has 0 aliphatic carbocycles. The fourth-order valence-corrected chi connectivity index (χ4v) is 2.07. The van der Waals surface area contributed by atoms with Crippen molar-refractivity contribution in [3.05, 3.63) is 12.4 Å². The summed E-state index contributed by atoms with van der Waals surface area (Å²) in [4.78, 5) is 7.21. The highest BCUT2D eigenvalue weighted by Crippen LogP contribution is 2.14. The van der Waals surface area contributed by atoms with Crippen LogP contribution in [0.4, 0.5) is 0 Å². The molecule has 0 radical (unpaired) electrons. The van der Waals surface area contributed by atoms with Crippen molar-refractivity contribution >= 4 is 23.4 Å². The van der Waals surface area contributed by atoms with Crippen LogP contribution in [0, 0.1) is 0 Å². The average Bonchev–Trinajstić information content (AvgIpc) is 2.63. The fraction of sp³-hybridized carbons (Fsp3) is 0.667. The van der Waals surface area contributed by atoms with Gasteiger partial charge in [0.1, 0.15) is 0 Å². The van der Waals surface area contributed by atoms with Crippen molar-refractivity contribution in [2.24, 2.45) is 0 Å². The van der Waals surface area contributed by atoms with Gasteiger partial charge in [0.15, 0.2) is 5.16 Å². The summed E-state index contributed by atoms with van der Waals surface area (Å²) in [5.74, 6) is 1.95. The summed E-state index contributed by atoms with van der Waals surface area (Å²) in [7, 11) is 0. The predicted octanol–water partition coefficient (Wildman–Crippen LogP) is 3.30. The number of alkyl halides is 1. The number of halogens is 1. The molecule has 0 aliphatic rings. The Hall–Kier alpha value is -0.150. The van der Waals surface area contributed by atoms with E-state index in [0.717, 1.165) is 23.2 Å². The third-order valence-corrected chi connectivity index (χ3v) is 3.00. The highest BCUT2D eigenvalue weighted by Gasteiger charge is 1.94. The molecule has 4 heteroatoms. The first kappa shape index (κ1) is 10.9. The van der Waals surface area contributed by atoms with Gasteiger partial charge in [0.2, 0.25) is 0 Å². The minimum Gasteiger partial charge on any atom is -0.340 e. The van der Waals surface area contributed by atoms with E-state index < -0.39 is 0 Å². The Bertz CT molecular complexity index is 201. The van der Waals surface area contributed by atoms with E-state index in [1.54, 1.807) is 18.0 Å². The molecule has 0 unspecified atom stereocenters. The normalized spacial score (nSPS) is 10.5. The summed E-state index contributed by atoms with van der Waals surface area (Å²) < 4.78 is 0. The van der Waals surface area contributed by atoms with Gasteiger partial charge in [0.25, 0.3) is 0 Å². The van der Waals surface area contributed by atoms with Crippen LogP contribution >= 0.6 is 23.4 Å². The lowest BCUT2D eigenvalue weighted by molar-refractivity contribution is 0.709. The summed E-state index contributed by atoms with van der Waals surface area (Å²) in [5.41, 5.74) is 0. The van der Waals surface area contributed by atoms with E-state index in [-0.39, 0.29) is 0 Å². The molecular formula is C9H15ClN2S. The van der Waals surface area contributed by atoms with E-state index in [0.29, 0.717) is 0 Å². The van der Waals surface area contributed by atoms with Gasteiger partial charge in [0.05, 0.1) is 0 Å². The van der Waals surface area contributed by atoms with Crippen LogP contribution in [0.3, 0.4) is 0 Å². The van der Waals surface area contributed by atoms with Gasteiger partial charge in [-0.1, -0.05) is 24.6 Å². The fourth-order valence-electron chi connectivity index (χ4n) is 1.05. The van der Waals surface area contributed by atoms with Crippen molar-refractivity contribution in [2.45, 2.75) is 30.8 Å². The SMILES string of the molecule is ClCCCCCCSc1ncc[nH]1. The Kier molecular flexibility index (Phi) is 6.11. The number of unbranched alkanes of at least 4 members (excludes halogenated alkanes) is 3. The molecule has 1 aromatic rings. The van der Waals surface area contributed by atoms with Gasteiger partial charge in [-0.2, -0.15) is 0 Å². The molecule has 1 aromatic heterocycles. The van der Waals surface area contributed by atoms with Gasteiger partial charge < -0.3 is 4.98 Å². The third kappa shape index (κ3) is 5.21. The molecule has 0 saturated heterocycles. The highest BCUT2D eigenvalue weighted by atomic mass is 35.5. The van der Waals surface area contributed by atoms with Crippen molar-refractivity contribution in [1.29, 1.82) is 0 Å². The minimum atomic E-state index is 0.797. The molecular weight excluding hydrogens is 204 g/mol. The summed E-state index contributed by atoms with van der Waals surface area (Å²) in [6.45, 7) is 0. The lowest BCUT2D eigenvalue weighted by Crippen LogP contribution is -1.83. The molecule has 0 bridgehead atoms. The molecule has 1 rings (SSSR count). The van der Waals surface area contributed by atoms with Gasteiger partial charge in [-0.25, -0.2) is 4.98 Å². The molecule has 0 fully saturated rings. The van der Waals surface area contributed by atoms with Crippen molar-refractivity contribution in [2.75, 3.05) is 11.6 Å². The second-order valence-corrected chi connectivity index (χ2v) is 4.31. The summed E-state index contributed by atoms with van der Waals surface area (Å²) >= 11 is 7.36. The second-order valence-electron chi connectivity index (χ2n) is 2.85. The number of aromatic nitrogens is 2. The van der Waals surface area contributed by atoms with Crippen LogP contribution in [0.2, 0.25) is 0 Å². The smallest absolute Gasteiger partial charge is 0.165 e. The molecule has 1 N–H and O–H groups in total. The highest BCUT2D eigenvalue weighted by molar-refractivity contribution is 7.99. The Labute approximate surface area is 88.5 Å². The van der Waals surface area contributed by atoms with Crippen LogP contribution in [0.5, 0.6) is 0 Å². The summed E-state index contributed by atoms with van der Waals surface area (Å²) in [6, 6.07) is 0. The van der Waals surface area contributed by atoms with E-state index in [4.69, 9.17) is 11.6 Å². The number of H-pyrrole nitrogens is 1. The van der Waals surface area contributed by atoms with E-state index in [2.05, 4.69) is 9.97 Å². The van der Waals surface area contributed by atoms with E-state index in [1.807, 2.05) is 6.20 Å². The quantitative estimate of drug-likeness (QED) is 0.432. The molecule has 0 aliphatic heterocycles. The van der Waals surface area contributed by atoms with Gasteiger partial charge in [0, 0.05) is 24.0 Å². The largest absolute Gasteiger partial charge is 0.340 e. The number of aromatic amines is 1. The second kappa shape index (κ2) is 7.27. The van der Waals surface area contributed by atoms with Crippen molar-refractivity contribution in [3.8, 4) is 0 Å². The number of hydrogen-bond acceptors (Lipinski definition) is 2. The topological polar surface area (TPSA) is 28.7 Å². The average molecular weight is 219 g/mol. The first-order chi connectivity index (χ1) is 6.43. The molecule has 1 heterocycles. The number of imidazole rings is 1. The Balaban J connectivity index is 1.90. The van der Waals surface area contributed by atoms with Crippen LogP contribution in [-0.4, -0.2) is 21.6 Å². The number of nitrogens with zero attached hydrogens (tertiary/aromatic N) is 1. The molecule has 0 spiro atoms. The van der Waals surface area contributed by atoms with Crippen LogP contribution < -0.4 is 0 Å². The molecule has 0 aromatic carbocycles. The van der Waals surface area contributed by atoms with Gasteiger partial charge in [-0.3, -0.25) is 0 Å². The van der Waals surface area contributed by atoms with Crippen molar-refractivity contribution in [3.63, 3.8) is 0 Å². The van der Waals surface area contributed by atoms with Gasteiger partial charge in [-0.05, 0) is 12.8 Å². The lowest BCUT2D eigenvalue weighted by Gasteiger charge is -1.97. The third-order valence-electron chi connectivity index (χ3n) is 1.74. The number of thioether (sulfide) groups is 1. The Morgan fingerprint density at radius 3 is 2.85 bits per heavy atom. The Morgan fingerprint density at radius 2 is 2.15 bits per heavy atom. The number of nitrogens with one attached hydrogen (secondary N) is 1. The van der Waals surface area contributed by atoms with Crippen LogP contribution in [0.25, 0.3) is 0 Å². The molecule has 0 amide bonds. The zero-order valence-electron chi connectivity index (χ0n) is 7.63. The van der Waals surface area contributed by atoms with E-state index >= 15 is 0 Å². The molecule has 13 heavy (non-hydrogen) atoms. The van der Waals surface area contributed by atoms with Crippen LogP contribution in [0.15, 0.2) is 17.6 Å². The standard InChI is InChI=1S/C9H15ClN2S/c10-5-3-1-2-4-8-13-9-11-6-7-12-9/h6-7H,1-5,8H2,(H,11,12). The van der Waals surface area contributed by atoms with E-state index in [9.17, 15) is 0 Å². The first-order valence-corrected chi connectivity index (χ1v) is 6.13. The number of hydrogen-bond donors (Lipinski definition) is 1. The lowest BCUT2D eigenvalue weighted by atomic mass is 10.2. The molecule has 0 atom stereocenters. The van der Waals surface area contributed by atoms with Gasteiger partial charge >= 0.3 is 0 Å². The maximum atomic E-state index is 5.58. The predicted molar refractivity (Wildman–Crippen MR) is 58.5 cm³/mol. The van der Waals surface area contributed by atoms with E-state index in [1.165, 1.54) is 19.3 Å².